The highest BCUT2D eigenvalue weighted by molar-refractivity contribution is 8.15. The van der Waals surface area contributed by atoms with Crippen LogP contribution in [0.2, 0.25) is 0 Å². The van der Waals surface area contributed by atoms with Gasteiger partial charge in [-0.15, -0.1) is 11.3 Å². The van der Waals surface area contributed by atoms with E-state index in [1.165, 1.54) is 23.1 Å². The van der Waals surface area contributed by atoms with Crippen LogP contribution >= 0.6 is 23.1 Å². The number of aromatic amines is 1. The van der Waals surface area contributed by atoms with E-state index in [0.717, 1.165) is 25.6 Å². The number of hydrogen-bond acceptors (Lipinski definition) is 5. The van der Waals surface area contributed by atoms with Crippen molar-refractivity contribution < 1.29 is 4.79 Å². The van der Waals surface area contributed by atoms with Crippen LogP contribution in [0.15, 0.2) is 53.1 Å². The Morgan fingerprint density at radius 1 is 1.14 bits per heavy atom. The van der Waals surface area contributed by atoms with Gasteiger partial charge in [0.05, 0.1) is 27.6 Å². The molecule has 4 rings (SSSR count). The van der Waals surface area contributed by atoms with Gasteiger partial charge >= 0.3 is 0 Å². The summed E-state index contributed by atoms with van der Waals surface area (Å²) >= 11 is 2.70. The summed E-state index contributed by atoms with van der Waals surface area (Å²) in [6, 6.07) is 13.4. The standard InChI is InChI=1S/C15H9N3OS2/c19-14(9-5-6-10-12(7-9)17-8-16-10)21-15-18-11-3-1-2-4-13(11)20-15/h1-8H,(H,16,17). The van der Waals surface area contributed by atoms with E-state index in [9.17, 15) is 4.79 Å². The van der Waals surface area contributed by atoms with Crippen LogP contribution in [0.5, 0.6) is 0 Å². The van der Waals surface area contributed by atoms with Crippen molar-refractivity contribution in [1.82, 2.24) is 15.0 Å². The predicted molar refractivity (Wildman–Crippen MR) is 85.9 cm³/mol. The second-order valence-electron chi connectivity index (χ2n) is 4.47. The molecule has 2 heterocycles. The number of para-hydroxylation sites is 1. The minimum absolute atomic E-state index is 0.00874. The number of nitrogens with zero attached hydrogens (tertiary/aromatic N) is 2. The molecule has 21 heavy (non-hydrogen) atoms. The second-order valence-corrected chi connectivity index (χ2v) is 6.72. The van der Waals surface area contributed by atoms with Gasteiger partial charge in [0.2, 0.25) is 5.12 Å². The van der Waals surface area contributed by atoms with Crippen LogP contribution < -0.4 is 0 Å². The maximum Gasteiger partial charge on any atom is 0.226 e. The first-order valence-electron chi connectivity index (χ1n) is 6.30. The quantitative estimate of drug-likeness (QED) is 0.566. The van der Waals surface area contributed by atoms with Crippen molar-refractivity contribution in [2.24, 2.45) is 0 Å². The van der Waals surface area contributed by atoms with Crippen molar-refractivity contribution >= 4 is 49.5 Å². The van der Waals surface area contributed by atoms with E-state index in [0.29, 0.717) is 5.56 Å². The first kappa shape index (κ1) is 12.6. The maximum absolute atomic E-state index is 12.4. The summed E-state index contributed by atoms with van der Waals surface area (Å²) in [5.74, 6) is 0. The Hall–Kier alpha value is -2.18. The third-order valence-corrected chi connectivity index (χ3v) is 5.13. The van der Waals surface area contributed by atoms with Crippen LogP contribution in [-0.4, -0.2) is 20.1 Å². The predicted octanol–water partition coefficient (Wildman–Crippen LogP) is 4.11. The number of fused-ring (bicyclic) bond motifs is 2. The van der Waals surface area contributed by atoms with E-state index in [1.54, 1.807) is 12.4 Å². The van der Waals surface area contributed by atoms with Crippen molar-refractivity contribution in [3.05, 3.63) is 54.4 Å². The Kier molecular flexibility index (Phi) is 2.98. The smallest absolute Gasteiger partial charge is 0.226 e. The van der Waals surface area contributed by atoms with Gasteiger partial charge in [-0.2, -0.15) is 0 Å². The number of imidazole rings is 1. The van der Waals surface area contributed by atoms with Crippen molar-refractivity contribution in [3.63, 3.8) is 0 Å². The molecule has 6 heteroatoms. The highest BCUT2D eigenvalue weighted by atomic mass is 32.2. The van der Waals surface area contributed by atoms with E-state index >= 15 is 0 Å². The molecule has 0 bridgehead atoms. The molecule has 0 atom stereocenters. The van der Waals surface area contributed by atoms with Gasteiger partial charge in [0.15, 0.2) is 4.34 Å². The summed E-state index contributed by atoms with van der Waals surface area (Å²) in [5.41, 5.74) is 3.31. The van der Waals surface area contributed by atoms with Crippen LogP contribution in [0.1, 0.15) is 10.4 Å². The van der Waals surface area contributed by atoms with Gasteiger partial charge in [0, 0.05) is 5.56 Å². The number of benzene rings is 2. The molecule has 0 radical (unpaired) electrons. The molecule has 0 aliphatic carbocycles. The average Bonchev–Trinajstić information content (AvgIpc) is 3.11. The van der Waals surface area contributed by atoms with Crippen LogP contribution in [0.4, 0.5) is 0 Å². The lowest BCUT2D eigenvalue weighted by Crippen LogP contribution is -1.92. The van der Waals surface area contributed by atoms with Crippen LogP contribution in [-0.2, 0) is 0 Å². The fraction of sp³-hybridized carbons (Fsp3) is 0. The lowest BCUT2D eigenvalue weighted by atomic mass is 10.2. The van der Waals surface area contributed by atoms with Crippen LogP contribution in [0.25, 0.3) is 21.3 Å². The Morgan fingerprint density at radius 3 is 2.95 bits per heavy atom. The molecular formula is C15H9N3OS2. The van der Waals surface area contributed by atoms with E-state index in [4.69, 9.17) is 0 Å². The van der Waals surface area contributed by atoms with Crippen LogP contribution in [0, 0.1) is 0 Å². The molecule has 0 fully saturated rings. The summed E-state index contributed by atoms with van der Waals surface area (Å²) in [5, 5.41) is -0.00874. The van der Waals surface area contributed by atoms with Crippen molar-refractivity contribution in [2.45, 2.75) is 4.34 Å². The van der Waals surface area contributed by atoms with Crippen molar-refractivity contribution in [3.8, 4) is 0 Å². The molecule has 0 saturated heterocycles. The summed E-state index contributed by atoms with van der Waals surface area (Å²) in [6.07, 6.45) is 1.62. The third kappa shape index (κ3) is 2.32. The molecule has 4 aromatic rings. The number of rotatable bonds is 2. The van der Waals surface area contributed by atoms with E-state index in [1.807, 2.05) is 36.4 Å². The summed E-state index contributed by atoms with van der Waals surface area (Å²) in [6.45, 7) is 0. The molecule has 0 amide bonds. The lowest BCUT2D eigenvalue weighted by Gasteiger charge is -1.98. The molecule has 0 unspecified atom stereocenters. The Bertz CT molecular complexity index is 925. The van der Waals surface area contributed by atoms with Gasteiger partial charge in [0.25, 0.3) is 0 Å². The molecule has 102 valence electrons. The monoisotopic (exact) mass is 311 g/mol. The highest BCUT2D eigenvalue weighted by Crippen LogP contribution is 2.31. The van der Waals surface area contributed by atoms with Gasteiger partial charge in [-0.25, -0.2) is 9.97 Å². The largest absolute Gasteiger partial charge is 0.345 e. The Labute approximate surface area is 128 Å². The fourth-order valence-electron chi connectivity index (χ4n) is 2.10. The zero-order valence-corrected chi connectivity index (χ0v) is 12.4. The number of carbonyl (C=O) groups excluding carboxylic acids is 1. The van der Waals surface area contributed by atoms with Gasteiger partial charge < -0.3 is 4.98 Å². The molecule has 0 aliphatic heterocycles. The number of H-pyrrole nitrogens is 1. The van der Waals surface area contributed by atoms with Crippen molar-refractivity contribution in [1.29, 1.82) is 0 Å². The summed E-state index contributed by atoms with van der Waals surface area (Å²) in [4.78, 5) is 24.0. The molecule has 0 saturated carbocycles. The number of thiazole rings is 1. The van der Waals surface area contributed by atoms with E-state index in [2.05, 4.69) is 15.0 Å². The van der Waals surface area contributed by atoms with E-state index < -0.39 is 0 Å². The van der Waals surface area contributed by atoms with Crippen LogP contribution in [0.3, 0.4) is 0 Å². The van der Waals surface area contributed by atoms with Gasteiger partial charge in [-0.3, -0.25) is 4.79 Å². The molecule has 2 aromatic carbocycles. The molecule has 1 N–H and O–H groups in total. The second kappa shape index (κ2) is 4.98. The topological polar surface area (TPSA) is 58.6 Å². The number of hydrogen-bond donors (Lipinski definition) is 1. The zero-order valence-electron chi connectivity index (χ0n) is 10.7. The van der Waals surface area contributed by atoms with Gasteiger partial charge in [-0.1, -0.05) is 12.1 Å². The average molecular weight is 311 g/mol. The minimum Gasteiger partial charge on any atom is -0.345 e. The zero-order chi connectivity index (χ0) is 14.2. The first-order valence-corrected chi connectivity index (χ1v) is 7.94. The van der Waals surface area contributed by atoms with E-state index in [-0.39, 0.29) is 5.12 Å². The maximum atomic E-state index is 12.4. The normalized spacial score (nSPS) is 11.2. The number of carbonyl (C=O) groups is 1. The first-order chi connectivity index (χ1) is 10.3. The molecule has 2 aromatic heterocycles. The molecule has 0 spiro atoms. The lowest BCUT2D eigenvalue weighted by molar-refractivity contribution is 0.108. The Balaban J connectivity index is 1.64. The number of thioether (sulfide) groups is 1. The Morgan fingerprint density at radius 2 is 2.05 bits per heavy atom. The SMILES string of the molecule is O=C(Sc1nc2ccccc2s1)c1ccc2nc[nH]c2c1. The number of nitrogens with one attached hydrogen (secondary N) is 1. The fourth-order valence-corrected chi connectivity index (χ4v) is 4.00. The third-order valence-electron chi connectivity index (χ3n) is 3.11. The minimum atomic E-state index is -0.00874. The summed E-state index contributed by atoms with van der Waals surface area (Å²) < 4.78 is 1.86. The number of aromatic nitrogens is 3. The van der Waals surface area contributed by atoms with Crippen molar-refractivity contribution in [2.75, 3.05) is 0 Å². The summed E-state index contributed by atoms with van der Waals surface area (Å²) in [7, 11) is 0. The van der Waals surface area contributed by atoms with Gasteiger partial charge in [0.1, 0.15) is 0 Å². The highest BCUT2D eigenvalue weighted by Gasteiger charge is 2.13. The molecule has 4 nitrogen and oxygen atoms in total. The van der Waals surface area contributed by atoms with Gasteiger partial charge in [-0.05, 0) is 42.1 Å². The molecule has 0 aliphatic rings. The molecular weight excluding hydrogens is 302 g/mol.